The number of methoxy groups -OCH3 is 1. The largest absolute Gasteiger partial charge is 0.497 e. The van der Waals surface area contributed by atoms with E-state index in [1.165, 1.54) is 0 Å². The molecule has 0 atom stereocenters. The minimum atomic E-state index is 0.725. The van der Waals surface area contributed by atoms with Gasteiger partial charge in [0.25, 0.3) is 0 Å². The van der Waals surface area contributed by atoms with E-state index in [0.717, 1.165) is 35.2 Å². The zero-order valence-corrected chi connectivity index (χ0v) is 10.1. The molecule has 0 amide bonds. The Morgan fingerprint density at radius 1 is 1.56 bits per heavy atom. The molecule has 0 unspecified atom stereocenters. The van der Waals surface area contributed by atoms with Crippen molar-refractivity contribution in [1.29, 1.82) is 0 Å². The summed E-state index contributed by atoms with van der Waals surface area (Å²) in [7, 11) is 1.64. The molecule has 3 N–H and O–H groups in total. The van der Waals surface area contributed by atoms with Crippen molar-refractivity contribution >= 4 is 23.1 Å². The van der Waals surface area contributed by atoms with Crippen LogP contribution in [0.2, 0.25) is 0 Å². The van der Waals surface area contributed by atoms with E-state index in [2.05, 4.69) is 11.2 Å². The molecule has 0 saturated carbocycles. The van der Waals surface area contributed by atoms with Crippen molar-refractivity contribution in [3.63, 3.8) is 0 Å². The number of anilines is 2. The normalized spacial score (nSPS) is 9.50. The number of hydrogen-bond acceptors (Lipinski definition) is 4. The number of rotatable bonds is 6. The molecule has 3 nitrogen and oxygen atoms in total. The molecule has 1 rings (SSSR count). The Morgan fingerprint density at radius 2 is 2.38 bits per heavy atom. The van der Waals surface area contributed by atoms with E-state index in [1.54, 1.807) is 18.9 Å². The van der Waals surface area contributed by atoms with Gasteiger partial charge in [-0.05, 0) is 12.1 Å². The molecule has 0 spiro atoms. The number of hydrogen-bond donors (Lipinski definition) is 2. The summed E-state index contributed by atoms with van der Waals surface area (Å²) in [5.41, 5.74) is 7.46. The van der Waals surface area contributed by atoms with E-state index in [4.69, 9.17) is 16.9 Å². The molecular weight excluding hydrogens is 220 g/mol. The van der Waals surface area contributed by atoms with Crippen molar-refractivity contribution in [2.75, 3.05) is 36.2 Å². The van der Waals surface area contributed by atoms with Crippen LogP contribution >= 0.6 is 11.8 Å². The molecule has 0 bridgehead atoms. The zero-order chi connectivity index (χ0) is 11.8. The number of nitrogens with two attached hydrogens (primary N) is 1. The van der Waals surface area contributed by atoms with Gasteiger partial charge in [0.05, 0.1) is 24.2 Å². The molecule has 0 aliphatic carbocycles. The van der Waals surface area contributed by atoms with Gasteiger partial charge in [0.15, 0.2) is 0 Å². The van der Waals surface area contributed by atoms with E-state index in [9.17, 15) is 0 Å². The lowest BCUT2D eigenvalue weighted by Crippen LogP contribution is -2.06. The lowest BCUT2D eigenvalue weighted by molar-refractivity contribution is 0.415. The van der Waals surface area contributed by atoms with Gasteiger partial charge in [0, 0.05) is 18.4 Å². The average Bonchev–Trinajstić information content (AvgIpc) is 2.31. The summed E-state index contributed by atoms with van der Waals surface area (Å²) in [6, 6.07) is 5.56. The Bertz CT molecular complexity index is 374. The van der Waals surface area contributed by atoms with Crippen LogP contribution in [-0.2, 0) is 0 Å². The van der Waals surface area contributed by atoms with Crippen molar-refractivity contribution in [3.8, 4) is 18.1 Å². The van der Waals surface area contributed by atoms with Crippen LogP contribution in [0.25, 0.3) is 0 Å². The van der Waals surface area contributed by atoms with Crippen LogP contribution in [0.5, 0.6) is 5.75 Å². The van der Waals surface area contributed by atoms with Crippen LogP contribution in [0.1, 0.15) is 0 Å². The quantitative estimate of drug-likeness (QED) is 0.451. The lowest BCUT2D eigenvalue weighted by Gasteiger charge is -2.10. The highest BCUT2D eigenvalue weighted by Crippen LogP contribution is 2.24. The first-order valence-electron chi connectivity index (χ1n) is 4.96. The number of nitrogens with one attached hydrogen (secondary N) is 1. The van der Waals surface area contributed by atoms with Crippen LogP contribution in [0.3, 0.4) is 0 Å². The van der Waals surface area contributed by atoms with Gasteiger partial charge in [0.2, 0.25) is 0 Å². The lowest BCUT2D eigenvalue weighted by atomic mass is 10.2. The topological polar surface area (TPSA) is 47.3 Å². The Hall–Kier alpha value is -1.47. The van der Waals surface area contributed by atoms with Gasteiger partial charge in [-0.1, -0.05) is 5.92 Å². The SMILES string of the molecule is C#CCSCCNc1cc(OC)ccc1N. The number of nitrogen functional groups attached to an aromatic ring is 1. The fourth-order valence-corrected chi connectivity index (χ4v) is 1.71. The summed E-state index contributed by atoms with van der Waals surface area (Å²) in [6.07, 6.45) is 5.16. The molecule has 0 aromatic heterocycles. The summed E-state index contributed by atoms with van der Waals surface area (Å²) in [4.78, 5) is 0. The Kier molecular flexibility index (Phi) is 5.44. The zero-order valence-electron chi connectivity index (χ0n) is 9.32. The smallest absolute Gasteiger partial charge is 0.121 e. The van der Waals surface area contributed by atoms with Crippen LogP contribution in [0, 0.1) is 12.3 Å². The second-order valence-electron chi connectivity index (χ2n) is 3.14. The minimum Gasteiger partial charge on any atom is -0.497 e. The molecule has 16 heavy (non-hydrogen) atoms. The molecule has 0 aliphatic rings. The van der Waals surface area contributed by atoms with Crippen molar-refractivity contribution in [1.82, 2.24) is 0 Å². The molecule has 0 fully saturated rings. The molecular formula is C12H16N2OS. The first-order chi connectivity index (χ1) is 7.77. The molecule has 0 radical (unpaired) electrons. The maximum atomic E-state index is 5.83. The number of ether oxygens (including phenoxy) is 1. The van der Waals surface area contributed by atoms with Crippen LogP contribution in [0.15, 0.2) is 18.2 Å². The van der Waals surface area contributed by atoms with Gasteiger partial charge in [-0.25, -0.2) is 0 Å². The van der Waals surface area contributed by atoms with Gasteiger partial charge < -0.3 is 15.8 Å². The summed E-state index contributed by atoms with van der Waals surface area (Å²) < 4.78 is 5.13. The van der Waals surface area contributed by atoms with Crippen molar-refractivity contribution in [3.05, 3.63) is 18.2 Å². The van der Waals surface area contributed by atoms with Gasteiger partial charge in [-0.2, -0.15) is 0 Å². The summed E-state index contributed by atoms with van der Waals surface area (Å²) in [6.45, 7) is 0.837. The van der Waals surface area contributed by atoms with Crippen LogP contribution < -0.4 is 15.8 Å². The van der Waals surface area contributed by atoms with Crippen LogP contribution in [-0.4, -0.2) is 25.2 Å². The highest BCUT2D eigenvalue weighted by molar-refractivity contribution is 7.99. The van der Waals surface area contributed by atoms with Gasteiger partial charge in [-0.15, -0.1) is 18.2 Å². The van der Waals surface area contributed by atoms with E-state index in [-0.39, 0.29) is 0 Å². The molecule has 0 heterocycles. The molecule has 0 aliphatic heterocycles. The highest BCUT2D eigenvalue weighted by atomic mass is 32.2. The van der Waals surface area contributed by atoms with Crippen molar-refractivity contribution in [2.24, 2.45) is 0 Å². The molecule has 1 aromatic rings. The number of benzene rings is 1. The third kappa shape index (κ3) is 3.95. The second-order valence-corrected chi connectivity index (χ2v) is 4.24. The second kappa shape index (κ2) is 6.91. The third-order valence-electron chi connectivity index (χ3n) is 2.01. The first kappa shape index (κ1) is 12.6. The fraction of sp³-hybridized carbons (Fsp3) is 0.333. The predicted molar refractivity (Wildman–Crippen MR) is 72.1 cm³/mol. The standard InChI is InChI=1S/C12H16N2OS/c1-3-7-16-8-6-14-12-9-10(15-2)4-5-11(12)13/h1,4-5,9,14H,6-8,13H2,2H3. The van der Waals surface area contributed by atoms with Gasteiger partial charge in [-0.3, -0.25) is 0 Å². The highest BCUT2D eigenvalue weighted by Gasteiger charge is 2.00. The summed E-state index contributed by atoms with van der Waals surface area (Å²) >= 11 is 1.72. The maximum Gasteiger partial charge on any atom is 0.121 e. The average molecular weight is 236 g/mol. The Balaban J connectivity index is 2.43. The van der Waals surface area contributed by atoms with E-state index >= 15 is 0 Å². The predicted octanol–water partition coefficient (Wildman–Crippen LogP) is 2.06. The Labute approximate surface area is 101 Å². The summed E-state index contributed by atoms with van der Waals surface area (Å²) in [5, 5.41) is 3.25. The van der Waals surface area contributed by atoms with Crippen molar-refractivity contribution < 1.29 is 4.74 Å². The van der Waals surface area contributed by atoms with Gasteiger partial charge in [0.1, 0.15) is 5.75 Å². The Morgan fingerprint density at radius 3 is 3.06 bits per heavy atom. The summed E-state index contributed by atoms with van der Waals surface area (Å²) in [5.74, 6) is 5.09. The number of terminal acetylenes is 1. The van der Waals surface area contributed by atoms with E-state index in [0.29, 0.717) is 0 Å². The third-order valence-corrected chi connectivity index (χ3v) is 2.87. The van der Waals surface area contributed by atoms with E-state index < -0.39 is 0 Å². The van der Waals surface area contributed by atoms with Crippen molar-refractivity contribution in [2.45, 2.75) is 0 Å². The molecule has 86 valence electrons. The first-order valence-corrected chi connectivity index (χ1v) is 6.12. The van der Waals surface area contributed by atoms with Crippen LogP contribution in [0.4, 0.5) is 11.4 Å². The monoisotopic (exact) mass is 236 g/mol. The minimum absolute atomic E-state index is 0.725. The fourth-order valence-electron chi connectivity index (χ4n) is 1.20. The molecule has 0 saturated heterocycles. The maximum absolute atomic E-state index is 5.83. The molecule has 1 aromatic carbocycles. The molecule has 4 heteroatoms. The van der Waals surface area contributed by atoms with E-state index in [1.807, 2.05) is 18.2 Å². The van der Waals surface area contributed by atoms with Gasteiger partial charge >= 0.3 is 0 Å². The number of thioether (sulfide) groups is 1.